The van der Waals surface area contributed by atoms with Crippen LogP contribution in [-0.2, 0) is 13.0 Å². The molecule has 1 aliphatic heterocycles. The first kappa shape index (κ1) is 22.0. The zero-order chi connectivity index (χ0) is 23.7. The average molecular weight is 459 g/mol. The number of aromatic nitrogens is 3. The molecule has 3 heterocycles. The third-order valence-corrected chi connectivity index (χ3v) is 6.16. The summed E-state index contributed by atoms with van der Waals surface area (Å²) in [4.78, 5) is 11.4. The van der Waals surface area contributed by atoms with Gasteiger partial charge in [-0.05, 0) is 45.1 Å². The van der Waals surface area contributed by atoms with Crippen molar-refractivity contribution in [3.05, 3.63) is 54.4 Å². The first-order valence-electron chi connectivity index (χ1n) is 11.5. The van der Waals surface area contributed by atoms with Gasteiger partial charge in [0.05, 0.1) is 24.2 Å². The molecule has 0 fully saturated rings. The summed E-state index contributed by atoms with van der Waals surface area (Å²) in [7, 11) is 5.62. The number of benzene rings is 2. The van der Waals surface area contributed by atoms with E-state index in [1.807, 2.05) is 20.2 Å². The van der Waals surface area contributed by atoms with Crippen LogP contribution in [0.2, 0.25) is 0 Å². The van der Waals surface area contributed by atoms with Gasteiger partial charge in [-0.2, -0.15) is 0 Å². The molecule has 2 aromatic carbocycles. The molecule has 0 saturated heterocycles. The Balaban J connectivity index is 1.46. The van der Waals surface area contributed by atoms with Crippen LogP contribution in [0.1, 0.15) is 12.1 Å². The largest absolute Gasteiger partial charge is 0.494 e. The Morgan fingerprint density at radius 1 is 1.15 bits per heavy atom. The molecule has 0 saturated carbocycles. The molecule has 0 radical (unpaired) electrons. The lowest BCUT2D eigenvalue weighted by Crippen LogP contribution is -2.19. The van der Waals surface area contributed by atoms with Crippen LogP contribution in [0.15, 0.2) is 48.7 Å². The van der Waals surface area contributed by atoms with E-state index in [0.29, 0.717) is 35.4 Å². The summed E-state index contributed by atoms with van der Waals surface area (Å²) in [5, 5.41) is 4.51. The minimum absolute atomic E-state index is 0.485. The van der Waals surface area contributed by atoms with Gasteiger partial charge >= 0.3 is 0 Å². The molecule has 0 aliphatic carbocycles. The van der Waals surface area contributed by atoms with E-state index < -0.39 is 0 Å². The molecule has 8 nitrogen and oxygen atoms in total. The Kier molecular flexibility index (Phi) is 5.98. The first-order valence-corrected chi connectivity index (χ1v) is 11.5. The summed E-state index contributed by atoms with van der Waals surface area (Å²) in [6, 6.07) is 14.1. The van der Waals surface area contributed by atoms with E-state index >= 15 is 0 Å². The topological polar surface area (TPSA) is 90.5 Å². The number of fused-ring (bicyclic) bond motifs is 3. The minimum atomic E-state index is 0.485. The van der Waals surface area contributed by atoms with Crippen molar-refractivity contribution in [2.75, 3.05) is 45.4 Å². The molecule has 0 bridgehead atoms. The summed E-state index contributed by atoms with van der Waals surface area (Å²) >= 11 is 0. The van der Waals surface area contributed by atoms with Crippen molar-refractivity contribution in [2.45, 2.75) is 19.4 Å². The lowest BCUT2D eigenvalue weighted by Gasteiger charge is -2.16. The highest BCUT2D eigenvalue weighted by molar-refractivity contribution is 5.97. The van der Waals surface area contributed by atoms with Crippen LogP contribution in [-0.4, -0.2) is 53.8 Å². The van der Waals surface area contributed by atoms with Gasteiger partial charge in [-0.1, -0.05) is 18.2 Å². The van der Waals surface area contributed by atoms with E-state index in [-0.39, 0.29) is 0 Å². The van der Waals surface area contributed by atoms with Gasteiger partial charge in [0.2, 0.25) is 5.95 Å². The lowest BCUT2D eigenvalue weighted by atomic mass is 10.1. The Labute approximate surface area is 199 Å². The van der Waals surface area contributed by atoms with Crippen LogP contribution < -0.4 is 20.5 Å². The van der Waals surface area contributed by atoms with Gasteiger partial charge in [0.25, 0.3) is 0 Å². The number of nitrogens with one attached hydrogen (secondary N) is 1. The normalized spacial score (nSPS) is 12.8. The number of nitrogens with zero attached hydrogens (tertiary/aromatic N) is 4. The maximum atomic E-state index is 6.27. The Morgan fingerprint density at radius 2 is 2.00 bits per heavy atom. The van der Waals surface area contributed by atoms with Crippen molar-refractivity contribution in [1.82, 2.24) is 19.4 Å². The number of aryl methyl sites for hydroxylation is 1. The van der Waals surface area contributed by atoms with E-state index in [1.54, 1.807) is 25.4 Å². The van der Waals surface area contributed by atoms with Gasteiger partial charge in [-0.3, -0.25) is 0 Å². The van der Waals surface area contributed by atoms with Crippen molar-refractivity contribution < 1.29 is 9.47 Å². The van der Waals surface area contributed by atoms with E-state index in [4.69, 9.17) is 20.2 Å². The third kappa shape index (κ3) is 4.12. The monoisotopic (exact) mass is 458 g/mol. The molecule has 1 aliphatic rings. The number of para-hydroxylation sites is 1. The fourth-order valence-corrected chi connectivity index (χ4v) is 4.55. The van der Waals surface area contributed by atoms with Gasteiger partial charge < -0.3 is 30.0 Å². The Bertz CT molecular complexity index is 1330. The molecule has 4 aromatic rings. The summed E-state index contributed by atoms with van der Waals surface area (Å²) < 4.78 is 13.8. The van der Waals surface area contributed by atoms with E-state index in [1.165, 1.54) is 22.2 Å². The second kappa shape index (κ2) is 9.23. The van der Waals surface area contributed by atoms with Crippen LogP contribution in [0.25, 0.3) is 22.2 Å². The van der Waals surface area contributed by atoms with Crippen LogP contribution in [0, 0.1) is 0 Å². The number of ether oxygens (including phenoxy) is 2. The molecule has 0 amide bonds. The third-order valence-electron chi connectivity index (χ3n) is 6.16. The van der Waals surface area contributed by atoms with Crippen molar-refractivity contribution in [2.24, 2.45) is 0 Å². The summed E-state index contributed by atoms with van der Waals surface area (Å²) in [6.07, 6.45) is 3.99. The quantitative estimate of drug-likeness (QED) is 0.380. The minimum Gasteiger partial charge on any atom is -0.494 e. The molecular formula is C26H30N6O2. The van der Waals surface area contributed by atoms with E-state index in [9.17, 15) is 0 Å². The number of likely N-dealkylation sites (N-methyl/N-ethyl adjacent to an activating group) is 1. The van der Waals surface area contributed by atoms with Crippen molar-refractivity contribution in [1.29, 1.82) is 0 Å². The maximum absolute atomic E-state index is 6.27. The van der Waals surface area contributed by atoms with Crippen LogP contribution in [0.5, 0.6) is 11.5 Å². The number of nitrogen functional groups attached to an aromatic ring is 1. The Morgan fingerprint density at radius 3 is 2.82 bits per heavy atom. The molecule has 3 N–H and O–H groups in total. The van der Waals surface area contributed by atoms with Crippen LogP contribution in [0.4, 0.5) is 17.3 Å². The van der Waals surface area contributed by atoms with E-state index in [0.717, 1.165) is 31.6 Å². The zero-order valence-electron chi connectivity index (χ0n) is 19.8. The van der Waals surface area contributed by atoms with Gasteiger partial charge in [0, 0.05) is 47.5 Å². The predicted molar refractivity (Wildman–Crippen MR) is 136 cm³/mol. The molecule has 2 aromatic heterocycles. The maximum Gasteiger partial charge on any atom is 0.227 e. The molecule has 0 atom stereocenters. The van der Waals surface area contributed by atoms with E-state index in [2.05, 4.69) is 44.0 Å². The number of rotatable bonds is 8. The van der Waals surface area contributed by atoms with Gasteiger partial charge in [-0.25, -0.2) is 9.97 Å². The van der Waals surface area contributed by atoms with Crippen molar-refractivity contribution >= 4 is 28.2 Å². The molecule has 5 rings (SSSR count). The molecule has 0 spiro atoms. The fourth-order valence-electron chi connectivity index (χ4n) is 4.55. The highest BCUT2D eigenvalue weighted by Crippen LogP contribution is 2.39. The van der Waals surface area contributed by atoms with Gasteiger partial charge in [-0.15, -0.1) is 0 Å². The molecule has 176 valence electrons. The van der Waals surface area contributed by atoms with Crippen molar-refractivity contribution in [3.8, 4) is 22.8 Å². The average Bonchev–Trinajstić information content (AvgIpc) is 3.41. The Hall–Kier alpha value is -3.78. The standard InChI is InChI=1S/C26H30N6O2/c1-31(2)13-14-34-23-16-24(33-3)20(15-18(23)27)30-26-28-11-10-19(29-26)25-17-7-4-5-8-21(17)32-12-6-9-22(25)32/h4-5,7-8,10-11,15-16H,6,9,12-14,27H2,1-3H3,(H,28,29,30). The molecule has 34 heavy (non-hydrogen) atoms. The van der Waals surface area contributed by atoms with Gasteiger partial charge in [0.1, 0.15) is 18.1 Å². The van der Waals surface area contributed by atoms with Crippen LogP contribution >= 0.6 is 0 Å². The second-order valence-corrected chi connectivity index (χ2v) is 8.73. The first-order chi connectivity index (χ1) is 16.5. The second-order valence-electron chi connectivity index (χ2n) is 8.73. The van der Waals surface area contributed by atoms with Crippen LogP contribution in [0.3, 0.4) is 0 Å². The molecule has 8 heteroatoms. The number of nitrogens with two attached hydrogens (primary N) is 1. The van der Waals surface area contributed by atoms with Gasteiger partial charge in [0.15, 0.2) is 0 Å². The zero-order valence-corrected chi connectivity index (χ0v) is 19.8. The highest BCUT2D eigenvalue weighted by atomic mass is 16.5. The smallest absolute Gasteiger partial charge is 0.227 e. The summed E-state index contributed by atoms with van der Waals surface area (Å²) in [5.74, 6) is 1.69. The fraction of sp³-hybridized carbons (Fsp3) is 0.308. The molecular weight excluding hydrogens is 428 g/mol. The number of hydrogen-bond donors (Lipinski definition) is 2. The SMILES string of the molecule is COc1cc(OCCN(C)C)c(N)cc1Nc1nccc(-c2c3n(c4ccccc24)CCC3)n1. The lowest BCUT2D eigenvalue weighted by molar-refractivity contribution is 0.261. The summed E-state index contributed by atoms with van der Waals surface area (Å²) in [5.41, 5.74) is 12.2. The summed E-state index contributed by atoms with van der Waals surface area (Å²) in [6.45, 7) is 2.38. The molecule has 0 unspecified atom stereocenters. The number of anilines is 3. The number of methoxy groups -OCH3 is 1. The van der Waals surface area contributed by atoms with Crippen molar-refractivity contribution in [3.63, 3.8) is 0 Å². The number of hydrogen-bond acceptors (Lipinski definition) is 7. The predicted octanol–water partition coefficient (Wildman–Crippen LogP) is 4.32. The highest BCUT2D eigenvalue weighted by Gasteiger charge is 2.23.